The Hall–Kier alpha value is -0.450. The third-order valence-electron chi connectivity index (χ3n) is 2.85. The first-order valence-electron chi connectivity index (χ1n) is 5.60. The topological polar surface area (TPSA) is 49.8 Å². The minimum atomic E-state index is 0.141. The van der Waals surface area contributed by atoms with Crippen LogP contribution >= 0.6 is 0 Å². The van der Waals surface area contributed by atoms with Crippen molar-refractivity contribution >= 4 is 5.78 Å². The molecule has 1 rings (SSSR count). The summed E-state index contributed by atoms with van der Waals surface area (Å²) in [6, 6.07) is 0. The molecular formula is C11H21NO3. The van der Waals surface area contributed by atoms with Gasteiger partial charge in [-0.15, -0.1) is 0 Å². The summed E-state index contributed by atoms with van der Waals surface area (Å²) in [6.07, 6.45) is 3.16. The lowest BCUT2D eigenvalue weighted by atomic mass is 9.95. The first-order valence-corrected chi connectivity index (χ1v) is 5.60. The highest BCUT2D eigenvalue weighted by Crippen LogP contribution is 2.18. The van der Waals surface area contributed by atoms with Crippen molar-refractivity contribution in [3.05, 3.63) is 0 Å². The second kappa shape index (κ2) is 6.93. The Labute approximate surface area is 91.2 Å². The predicted molar refractivity (Wildman–Crippen MR) is 57.7 cm³/mol. The normalized spacial score (nSPS) is 22.9. The summed E-state index contributed by atoms with van der Waals surface area (Å²) in [7, 11) is 1.54. The Morgan fingerprint density at radius 2 is 2.40 bits per heavy atom. The van der Waals surface area contributed by atoms with Crippen molar-refractivity contribution in [2.24, 2.45) is 5.92 Å². The Morgan fingerprint density at radius 1 is 1.60 bits per heavy atom. The van der Waals surface area contributed by atoms with Gasteiger partial charge in [-0.2, -0.15) is 0 Å². The summed E-state index contributed by atoms with van der Waals surface area (Å²) in [5.74, 6) is 0.696. The van der Waals surface area contributed by atoms with Gasteiger partial charge < -0.3 is 9.84 Å². The quantitative estimate of drug-likeness (QED) is 0.692. The van der Waals surface area contributed by atoms with Gasteiger partial charge in [0.1, 0.15) is 6.61 Å². The van der Waals surface area contributed by atoms with Crippen LogP contribution in [0.25, 0.3) is 0 Å². The zero-order chi connectivity index (χ0) is 11.1. The largest absolute Gasteiger partial charge is 0.396 e. The van der Waals surface area contributed by atoms with Crippen LogP contribution in [0.4, 0.5) is 0 Å². The molecule has 1 aliphatic heterocycles. The number of rotatable bonds is 6. The molecule has 0 aromatic rings. The highest BCUT2D eigenvalue weighted by Gasteiger charge is 2.20. The monoisotopic (exact) mass is 215 g/mol. The van der Waals surface area contributed by atoms with Crippen LogP contribution in [0, 0.1) is 5.92 Å². The predicted octanol–water partition coefficient (Wildman–Crippen LogP) is 0.296. The molecule has 0 spiro atoms. The van der Waals surface area contributed by atoms with Crippen molar-refractivity contribution in [2.75, 3.05) is 40.0 Å². The number of Topliss-reactive ketones (excluding diaryl/α,β-unsaturated/α-hetero) is 1. The molecule has 0 bridgehead atoms. The van der Waals surface area contributed by atoms with Gasteiger partial charge in [-0.1, -0.05) is 0 Å². The maximum absolute atomic E-state index is 11.4. The lowest BCUT2D eigenvalue weighted by Gasteiger charge is -2.31. The van der Waals surface area contributed by atoms with Gasteiger partial charge in [0, 0.05) is 20.3 Å². The Morgan fingerprint density at radius 3 is 3.07 bits per heavy atom. The average molecular weight is 215 g/mol. The molecule has 15 heavy (non-hydrogen) atoms. The number of carbonyl (C=O) groups excluding carboxylic acids is 1. The van der Waals surface area contributed by atoms with Crippen molar-refractivity contribution in [3.8, 4) is 0 Å². The number of piperidine rings is 1. The highest BCUT2D eigenvalue weighted by molar-refractivity contribution is 5.81. The SMILES string of the molecule is COCC(=O)CN1CCCC(CCO)C1. The second-order valence-electron chi connectivity index (χ2n) is 4.23. The van der Waals surface area contributed by atoms with Gasteiger partial charge in [0.15, 0.2) is 5.78 Å². The van der Waals surface area contributed by atoms with Crippen LogP contribution < -0.4 is 0 Å². The average Bonchev–Trinajstić information content (AvgIpc) is 2.19. The lowest BCUT2D eigenvalue weighted by Crippen LogP contribution is -2.39. The van der Waals surface area contributed by atoms with Gasteiger partial charge in [-0.3, -0.25) is 9.69 Å². The molecule has 1 aliphatic rings. The standard InChI is InChI=1S/C11H21NO3/c1-15-9-11(14)8-12-5-2-3-10(7-12)4-6-13/h10,13H,2-9H2,1H3. The first kappa shape index (κ1) is 12.6. The zero-order valence-corrected chi connectivity index (χ0v) is 9.45. The molecule has 0 radical (unpaired) electrons. The molecule has 1 atom stereocenters. The molecule has 0 amide bonds. The van der Waals surface area contributed by atoms with E-state index in [1.165, 1.54) is 6.42 Å². The zero-order valence-electron chi connectivity index (χ0n) is 9.45. The molecule has 1 heterocycles. The molecule has 1 N–H and O–H groups in total. The van der Waals surface area contributed by atoms with Gasteiger partial charge >= 0.3 is 0 Å². The van der Waals surface area contributed by atoms with E-state index in [1.807, 2.05) is 0 Å². The van der Waals surface area contributed by atoms with Crippen molar-refractivity contribution < 1.29 is 14.6 Å². The molecule has 0 aliphatic carbocycles. The van der Waals surface area contributed by atoms with E-state index in [1.54, 1.807) is 7.11 Å². The van der Waals surface area contributed by atoms with Crippen molar-refractivity contribution in [1.82, 2.24) is 4.90 Å². The van der Waals surface area contributed by atoms with Crippen LogP contribution in [0.3, 0.4) is 0 Å². The third-order valence-corrected chi connectivity index (χ3v) is 2.85. The molecule has 0 aromatic carbocycles. The summed E-state index contributed by atoms with van der Waals surface area (Å²) in [5, 5.41) is 8.87. The maximum Gasteiger partial charge on any atom is 0.172 e. The van der Waals surface area contributed by atoms with E-state index < -0.39 is 0 Å². The van der Waals surface area contributed by atoms with Crippen LogP contribution in [-0.2, 0) is 9.53 Å². The van der Waals surface area contributed by atoms with E-state index in [-0.39, 0.29) is 19.0 Å². The number of nitrogens with zero attached hydrogens (tertiary/aromatic N) is 1. The van der Waals surface area contributed by atoms with Crippen molar-refractivity contribution in [3.63, 3.8) is 0 Å². The molecule has 1 saturated heterocycles. The van der Waals surface area contributed by atoms with Crippen LogP contribution in [0.15, 0.2) is 0 Å². The van der Waals surface area contributed by atoms with Crippen LogP contribution in [-0.4, -0.2) is 55.7 Å². The Kier molecular flexibility index (Phi) is 5.83. The third kappa shape index (κ3) is 4.73. The Balaban J connectivity index is 2.26. The first-order chi connectivity index (χ1) is 7.26. The maximum atomic E-state index is 11.4. The number of ether oxygens (including phenoxy) is 1. The molecule has 4 nitrogen and oxygen atoms in total. The van der Waals surface area contributed by atoms with Gasteiger partial charge in [-0.05, 0) is 31.7 Å². The smallest absolute Gasteiger partial charge is 0.172 e. The fraction of sp³-hybridized carbons (Fsp3) is 0.909. The van der Waals surface area contributed by atoms with Crippen LogP contribution in [0.5, 0.6) is 0 Å². The number of ketones is 1. The number of aliphatic hydroxyl groups is 1. The number of methoxy groups -OCH3 is 1. The van der Waals surface area contributed by atoms with E-state index in [0.717, 1.165) is 25.9 Å². The summed E-state index contributed by atoms with van der Waals surface area (Å²) < 4.78 is 4.80. The molecule has 0 saturated carbocycles. The van der Waals surface area contributed by atoms with Crippen LogP contribution in [0.1, 0.15) is 19.3 Å². The molecule has 4 heteroatoms. The van der Waals surface area contributed by atoms with E-state index in [9.17, 15) is 4.79 Å². The minimum Gasteiger partial charge on any atom is -0.396 e. The van der Waals surface area contributed by atoms with Crippen LogP contribution in [0.2, 0.25) is 0 Å². The van der Waals surface area contributed by atoms with E-state index in [2.05, 4.69) is 4.90 Å². The van der Waals surface area contributed by atoms with Crippen molar-refractivity contribution in [2.45, 2.75) is 19.3 Å². The minimum absolute atomic E-state index is 0.141. The molecule has 1 unspecified atom stereocenters. The second-order valence-corrected chi connectivity index (χ2v) is 4.23. The number of carbonyl (C=O) groups is 1. The van der Waals surface area contributed by atoms with E-state index in [0.29, 0.717) is 12.5 Å². The van der Waals surface area contributed by atoms with Gasteiger partial charge in [0.25, 0.3) is 0 Å². The number of aliphatic hydroxyl groups excluding tert-OH is 1. The summed E-state index contributed by atoms with van der Waals surface area (Å²) in [5.41, 5.74) is 0. The summed E-state index contributed by atoms with van der Waals surface area (Å²) in [4.78, 5) is 13.5. The molecule has 0 aromatic heterocycles. The molecule has 88 valence electrons. The van der Waals surface area contributed by atoms with E-state index >= 15 is 0 Å². The fourth-order valence-corrected chi connectivity index (χ4v) is 2.17. The summed E-state index contributed by atoms with van der Waals surface area (Å²) >= 11 is 0. The number of hydrogen-bond donors (Lipinski definition) is 1. The molecule has 1 fully saturated rings. The number of hydrogen-bond acceptors (Lipinski definition) is 4. The lowest BCUT2D eigenvalue weighted by molar-refractivity contribution is -0.124. The van der Waals surface area contributed by atoms with Gasteiger partial charge in [-0.25, -0.2) is 0 Å². The molecular weight excluding hydrogens is 194 g/mol. The highest BCUT2D eigenvalue weighted by atomic mass is 16.5. The van der Waals surface area contributed by atoms with Gasteiger partial charge in [0.2, 0.25) is 0 Å². The Bertz CT molecular complexity index is 194. The summed E-state index contributed by atoms with van der Waals surface area (Å²) in [6.45, 7) is 2.90. The fourth-order valence-electron chi connectivity index (χ4n) is 2.17. The van der Waals surface area contributed by atoms with Gasteiger partial charge in [0.05, 0.1) is 6.54 Å². The van der Waals surface area contributed by atoms with Crippen molar-refractivity contribution in [1.29, 1.82) is 0 Å². The number of likely N-dealkylation sites (tertiary alicyclic amines) is 1. The van der Waals surface area contributed by atoms with E-state index in [4.69, 9.17) is 9.84 Å².